The first-order valence-corrected chi connectivity index (χ1v) is 4.41. The molecule has 2 atom stereocenters. The first-order valence-electron chi connectivity index (χ1n) is 4.41. The summed E-state index contributed by atoms with van der Waals surface area (Å²) in [4.78, 5) is 32.2. The molecule has 0 saturated carbocycles. The summed E-state index contributed by atoms with van der Waals surface area (Å²) in [6, 6.07) is -1.92. The van der Waals surface area contributed by atoms with Crippen molar-refractivity contribution in [1.82, 2.24) is 5.32 Å². The summed E-state index contributed by atoms with van der Waals surface area (Å²) in [6.07, 6.45) is -0.140. The molecule has 1 unspecified atom stereocenters. The van der Waals surface area contributed by atoms with Crippen molar-refractivity contribution in [3.8, 4) is 0 Å². The zero-order valence-electron chi connectivity index (χ0n) is 8.40. The van der Waals surface area contributed by atoms with Crippen LogP contribution >= 0.6 is 0 Å². The highest BCUT2D eigenvalue weighted by Gasteiger charge is 2.21. The molecule has 0 aliphatic heterocycles. The highest BCUT2D eigenvalue weighted by Crippen LogP contribution is 1.97. The number of nitrogens with one attached hydrogen (secondary N) is 1. The third kappa shape index (κ3) is 5.63. The SMILES string of the molecule is CC(N)C(=O)N[C@@H](CCC(N)=O)C(=O)O. The lowest BCUT2D eigenvalue weighted by atomic mass is 10.1. The fraction of sp³-hybridized carbons (Fsp3) is 0.625. The lowest BCUT2D eigenvalue weighted by Crippen LogP contribution is -2.47. The van der Waals surface area contributed by atoms with Gasteiger partial charge in [-0.3, -0.25) is 9.59 Å². The minimum absolute atomic E-state index is 0.0386. The van der Waals surface area contributed by atoms with Crippen LogP contribution < -0.4 is 16.8 Å². The highest BCUT2D eigenvalue weighted by atomic mass is 16.4. The summed E-state index contributed by atoms with van der Waals surface area (Å²) in [5, 5.41) is 10.9. The third-order valence-corrected chi connectivity index (χ3v) is 1.71. The summed E-state index contributed by atoms with van der Waals surface area (Å²) in [5.41, 5.74) is 10.1. The average Bonchev–Trinajstić information content (AvgIpc) is 2.10. The van der Waals surface area contributed by atoms with E-state index in [-0.39, 0.29) is 12.8 Å². The van der Waals surface area contributed by atoms with Crippen molar-refractivity contribution >= 4 is 17.8 Å². The Bertz CT molecular complexity index is 265. The van der Waals surface area contributed by atoms with Gasteiger partial charge < -0.3 is 21.9 Å². The van der Waals surface area contributed by atoms with Crippen molar-refractivity contribution in [2.24, 2.45) is 11.5 Å². The molecule has 0 aromatic carbocycles. The van der Waals surface area contributed by atoms with Gasteiger partial charge in [0.25, 0.3) is 0 Å². The van der Waals surface area contributed by atoms with E-state index in [4.69, 9.17) is 16.6 Å². The molecule has 0 aliphatic carbocycles. The number of carboxylic acids is 1. The minimum atomic E-state index is -1.22. The lowest BCUT2D eigenvalue weighted by Gasteiger charge is -2.14. The first-order chi connectivity index (χ1) is 6.84. The molecule has 0 rings (SSSR count). The van der Waals surface area contributed by atoms with Crippen LogP contribution in [0.5, 0.6) is 0 Å². The van der Waals surface area contributed by atoms with Crippen LogP contribution in [0.4, 0.5) is 0 Å². The van der Waals surface area contributed by atoms with E-state index in [1.54, 1.807) is 0 Å². The summed E-state index contributed by atoms with van der Waals surface area (Å²) in [7, 11) is 0. The second kappa shape index (κ2) is 5.97. The number of carbonyl (C=O) groups excluding carboxylic acids is 2. The number of nitrogens with two attached hydrogens (primary N) is 2. The molecule has 0 aromatic rings. The minimum Gasteiger partial charge on any atom is -0.480 e. The van der Waals surface area contributed by atoms with Crippen LogP contribution in [0.2, 0.25) is 0 Å². The Kier molecular flexibility index (Phi) is 5.32. The molecule has 0 heterocycles. The maximum Gasteiger partial charge on any atom is 0.326 e. The van der Waals surface area contributed by atoms with E-state index in [1.165, 1.54) is 6.92 Å². The Hall–Kier alpha value is -1.63. The zero-order chi connectivity index (χ0) is 12.0. The van der Waals surface area contributed by atoms with E-state index in [9.17, 15) is 14.4 Å². The van der Waals surface area contributed by atoms with Gasteiger partial charge >= 0.3 is 5.97 Å². The van der Waals surface area contributed by atoms with Crippen molar-refractivity contribution in [3.63, 3.8) is 0 Å². The Balaban J connectivity index is 4.22. The van der Waals surface area contributed by atoms with Gasteiger partial charge in [0.15, 0.2) is 0 Å². The van der Waals surface area contributed by atoms with Gasteiger partial charge in [-0.25, -0.2) is 4.79 Å². The standard InChI is InChI=1S/C8H15N3O4/c1-4(9)7(13)11-5(8(14)15)2-3-6(10)12/h4-5H,2-3,9H2,1H3,(H2,10,12)(H,11,13)(H,14,15)/t4?,5-/m0/s1. The Labute approximate surface area is 86.8 Å². The molecule has 2 amide bonds. The van der Waals surface area contributed by atoms with Gasteiger partial charge in [0.2, 0.25) is 11.8 Å². The number of primary amides is 1. The van der Waals surface area contributed by atoms with Crippen LogP contribution in [-0.2, 0) is 14.4 Å². The van der Waals surface area contributed by atoms with Gasteiger partial charge in [-0.05, 0) is 13.3 Å². The van der Waals surface area contributed by atoms with Crippen LogP contribution in [0, 0.1) is 0 Å². The van der Waals surface area contributed by atoms with Crippen molar-refractivity contribution in [2.75, 3.05) is 0 Å². The fourth-order valence-corrected chi connectivity index (χ4v) is 0.847. The van der Waals surface area contributed by atoms with E-state index < -0.39 is 29.9 Å². The molecule has 0 spiro atoms. The van der Waals surface area contributed by atoms with Gasteiger partial charge in [0.1, 0.15) is 6.04 Å². The number of hydrogen-bond acceptors (Lipinski definition) is 4. The predicted octanol–water partition coefficient (Wildman–Crippen LogP) is -1.83. The highest BCUT2D eigenvalue weighted by molar-refractivity contribution is 5.86. The molecular formula is C8H15N3O4. The Morgan fingerprint density at radius 1 is 1.40 bits per heavy atom. The number of carbonyl (C=O) groups is 3. The quantitative estimate of drug-likeness (QED) is 0.415. The van der Waals surface area contributed by atoms with E-state index in [0.29, 0.717) is 0 Å². The maximum atomic E-state index is 11.1. The zero-order valence-corrected chi connectivity index (χ0v) is 8.40. The van der Waals surface area contributed by atoms with Crippen molar-refractivity contribution in [2.45, 2.75) is 31.8 Å². The molecule has 0 radical (unpaired) electrons. The van der Waals surface area contributed by atoms with E-state index in [0.717, 1.165) is 0 Å². The molecule has 15 heavy (non-hydrogen) atoms. The van der Waals surface area contributed by atoms with E-state index >= 15 is 0 Å². The molecule has 7 heteroatoms. The number of carboxylic acid groups (broad SMARTS) is 1. The second-order valence-electron chi connectivity index (χ2n) is 3.19. The van der Waals surface area contributed by atoms with Gasteiger partial charge in [-0.15, -0.1) is 0 Å². The van der Waals surface area contributed by atoms with Crippen LogP contribution in [0.25, 0.3) is 0 Å². The number of hydrogen-bond donors (Lipinski definition) is 4. The molecular weight excluding hydrogens is 202 g/mol. The molecule has 0 aromatic heterocycles. The monoisotopic (exact) mass is 217 g/mol. The normalized spacial score (nSPS) is 14.0. The van der Waals surface area contributed by atoms with Crippen molar-refractivity contribution in [3.05, 3.63) is 0 Å². The maximum absolute atomic E-state index is 11.1. The number of amides is 2. The average molecular weight is 217 g/mol. The molecule has 6 N–H and O–H groups in total. The molecule has 7 nitrogen and oxygen atoms in total. The Morgan fingerprint density at radius 2 is 1.93 bits per heavy atom. The molecule has 0 aliphatic rings. The lowest BCUT2D eigenvalue weighted by molar-refractivity contribution is -0.142. The van der Waals surface area contributed by atoms with Gasteiger partial charge in [0, 0.05) is 6.42 Å². The van der Waals surface area contributed by atoms with Crippen LogP contribution in [-0.4, -0.2) is 35.0 Å². The van der Waals surface area contributed by atoms with Crippen LogP contribution in [0.1, 0.15) is 19.8 Å². The molecule has 86 valence electrons. The van der Waals surface area contributed by atoms with Gasteiger partial charge in [-0.2, -0.15) is 0 Å². The summed E-state index contributed by atoms with van der Waals surface area (Å²) < 4.78 is 0. The summed E-state index contributed by atoms with van der Waals surface area (Å²) in [6.45, 7) is 1.43. The van der Waals surface area contributed by atoms with Crippen LogP contribution in [0.15, 0.2) is 0 Å². The van der Waals surface area contributed by atoms with Gasteiger partial charge in [-0.1, -0.05) is 0 Å². The third-order valence-electron chi connectivity index (χ3n) is 1.71. The second-order valence-corrected chi connectivity index (χ2v) is 3.19. The summed E-state index contributed by atoms with van der Waals surface area (Å²) >= 11 is 0. The predicted molar refractivity (Wildman–Crippen MR) is 51.6 cm³/mol. The van der Waals surface area contributed by atoms with Crippen LogP contribution in [0.3, 0.4) is 0 Å². The summed E-state index contributed by atoms with van der Waals surface area (Å²) in [5.74, 6) is -2.41. The number of aliphatic carboxylic acids is 1. The number of rotatable bonds is 6. The smallest absolute Gasteiger partial charge is 0.326 e. The van der Waals surface area contributed by atoms with E-state index in [2.05, 4.69) is 5.32 Å². The van der Waals surface area contributed by atoms with E-state index in [1.807, 2.05) is 0 Å². The molecule has 0 bridgehead atoms. The van der Waals surface area contributed by atoms with Gasteiger partial charge in [0.05, 0.1) is 6.04 Å². The molecule has 0 saturated heterocycles. The molecule has 0 fully saturated rings. The largest absolute Gasteiger partial charge is 0.480 e. The first kappa shape index (κ1) is 13.4. The van der Waals surface area contributed by atoms with Crippen molar-refractivity contribution in [1.29, 1.82) is 0 Å². The fourth-order valence-electron chi connectivity index (χ4n) is 0.847. The topological polar surface area (TPSA) is 136 Å². The Morgan fingerprint density at radius 3 is 2.27 bits per heavy atom. The van der Waals surface area contributed by atoms with Crippen molar-refractivity contribution < 1.29 is 19.5 Å².